The third kappa shape index (κ3) is 3.25. The van der Waals surface area contributed by atoms with Crippen molar-refractivity contribution in [2.75, 3.05) is 31.7 Å². The van der Waals surface area contributed by atoms with Crippen LogP contribution in [0.1, 0.15) is 12.8 Å². The van der Waals surface area contributed by atoms with Gasteiger partial charge in [0.15, 0.2) is 5.79 Å². The van der Waals surface area contributed by atoms with Crippen LogP contribution in [0, 0.1) is 0 Å². The first-order valence-electron chi connectivity index (χ1n) is 6.50. The van der Waals surface area contributed by atoms with E-state index in [2.05, 4.69) is 26.2 Å². The van der Waals surface area contributed by atoms with Crippen LogP contribution < -0.4 is 5.32 Å². The highest BCUT2D eigenvalue weighted by Gasteiger charge is 2.42. The van der Waals surface area contributed by atoms with Crippen LogP contribution in [0.4, 0.5) is 5.69 Å². The molecule has 0 aromatic carbocycles. The zero-order valence-electron chi connectivity index (χ0n) is 10.6. The first-order chi connectivity index (χ1) is 9.26. The summed E-state index contributed by atoms with van der Waals surface area (Å²) in [6.07, 6.45) is 5.28. The van der Waals surface area contributed by atoms with Crippen molar-refractivity contribution in [2.45, 2.75) is 24.7 Å². The SMILES string of the molecule is Brc1cncc(NC[C@H]2COC3(CCOCC3)O2)c1. The molecule has 104 valence electrons. The van der Waals surface area contributed by atoms with Gasteiger partial charge in [-0.3, -0.25) is 4.98 Å². The number of anilines is 1. The molecule has 0 amide bonds. The molecule has 5 nitrogen and oxygen atoms in total. The highest BCUT2D eigenvalue weighted by atomic mass is 79.9. The van der Waals surface area contributed by atoms with E-state index in [0.717, 1.165) is 42.8 Å². The standard InChI is InChI=1S/C13H17BrN2O3/c14-10-5-11(7-15-6-10)16-8-12-9-18-13(19-12)1-3-17-4-2-13/h5-7,12,16H,1-4,8-9H2/t12-/m0/s1. The second-order valence-electron chi connectivity index (χ2n) is 4.85. The zero-order valence-corrected chi connectivity index (χ0v) is 12.2. The van der Waals surface area contributed by atoms with Gasteiger partial charge in [0.1, 0.15) is 6.10 Å². The summed E-state index contributed by atoms with van der Waals surface area (Å²) in [5.74, 6) is -0.403. The van der Waals surface area contributed by atoms with E-state index < -0.39 is 5.79 Å². The van der Waals surface area contributed by atoms with Crippen molar-refractivity contribution in [3.05, 3.63) is 22.9 Å². The molecular weight excluding hydrogens is 312 g/mol. The number of nitrogens with one attached hydrogen (secondary N) is 1. The van der Waals surface area contributed by atoms with Crippen LogP contribution in [-0.2, 0) is 14.2 Å². The summed E-state index contributed by atoms with van der Waals surface area (Å²) >= 11 is 3.40. The Morgan fingerprint density at radius 1 is 1.37 bits per heavy atom. The monoisotopic (exact) mass is 328 g/mol. The molecule has 1 atom stereocenters. The highest BCUT2D eigenvalue weighted by molar-refractivity contribution is 9.10. The van der Waals surface area contributed by atoms with Gasteiger partial charge in [-0.2, -0.15) is 0 Å². The van der Waals surface area contributed by atoms with Crippen molar-refractivity contribution in [3.63, 3.8) is 0 Å². The lowest BCUT2D eigenvalue weighted by atomic mass is 10.1. The molecular formula is C13H17BrN2O3. The lowest BCUT2D eigenvalue weighted by Crippen LogP contribution is -2.38. The van der Waals surface area contributed by atoms with Crippen molar-refractivity contribution in [3.8, 4) is 0 Å². The van der Waals surface area contributed by atoms with Crippen LogP contribution in [0.25, 0.3) is 0 Å². The smallest absolute Gasteiger partial charge is 0.173 e. The molecule has 0 saturated carbocycles. The molecule has 3 heterocycles. The van der Waals surface area contributed by atoms with E-state index in [1.54, 1.807) is 12.4 Å². The summed E-state index contributed by atoms with van der Waals surface area (Å²) in [6, 6.07) is 1.99. The number of nitrogens with zero attached hydrogens (tertiary/aromatic N) is 1. The van der Waals surface area contributed by atoms with Gasteiger partial charge in [0.25, 0.3) is 0 Å². The van der Waals surface area contributed by atoms with Gasteiger partial charge in [-0.25, -0.2) is 0 Å². The van der Waals surface area contributed by atoms with Crippen LogP contribution in [0.15, 0.2) is 22.9 Å². The van der Waals surface area contributed by atoms with Crippen molar-refractivity contribution in [1.82, 2.24) is 4.98 Å². The number of ether oxygens (including phenoxy) is 3. The maximum Gasteiger partial charge on any atom is 0.173 e. The van der Waals surface area contributed by atoms with E-state index in [9.17, 15) is 0 Å². The molecule has 0 bridgehead atoms. The van der Waals surface area contributed by atoms with Crippen LogP contribution in [-0.4, -0.2) is 43.2 Å². The lowest BCUT2D eigenvalue weighted by Gasteiger charge is -2.31. The molecule has 3 rings (SSSR count). The van der Waals surface area contributed by atoms with Gasteiger partial charge < -0.3 is 19.5 Å². The van der Waals surface area contributed by atoms with Crippen LogP contribution >= 0.6 is 15.9 Å². The fourth-order valence-corrected chi connectivity index (χ4v) is 2.77. The number of aromatic nitrogens is 1. The third-order valence-corrected chi connectivity index (χ3v) is 3.84. The molecule has 0 aliphatic carbocycles. The van der Waals surface area contributed by atoms with E-state index >= 15 is 0 Å². The Morgan fingerprint density at radius 2 is 2.21 bits per heavy atom. The van der Waals surface area contributed by atoms with Crippen LogP contribution in [0.3, 0.4) is 0 Å². The van der Waals surface area contributed by atoms with Crippen molar-refractivity contribution < 1.29 is 14.2 Å². The number of rotatable bonds is 3. The average Bonchev–Trinajstić information content (AvgIpc) is 2.80. The van der Waals surface area contributed by atoms with Gasteiger partial charge >= 0.3 is 0 Å². The predicted molar refractivity (Wildman–Crippen MR) is 74.0 cm³/mol. The minimum absolute atomic E-state index is 0.0806. The number of hydrogen-bond donors (Lipinski definition) is 1. The summed E-state index contributed by atoms with van der Waals surface area (Å²) in [6.45, 7) is 2.79. The summed E-state index contributed by atoms with van der Waals surface area (Å²) in [7, 11) is 0. The van der Waals surface area contributed by atoms with E-state index in [4.69, 9.17) is 14.2 Å². The first kappa shape index (κ1) is 13.3. The van der Waals surface area contributed by atoms with Crippen LogP contribution in [0.2, 0.25) is 0 Å². The van der Waals surface area contributed by atoms with Crippen molar-refractivity contribution in [1.29, 1.82) is 0 Å². The Balaban J connectivity index is 1.52. The maximum absolute atomic E-state index is 6.04. The molecule has 1 N–H and O–H groups in total. The van der Waals surface area contributed by atoms with E-state index in [-0.39, 0.29) is 6.10 Å². The van der Waals surface area contributed by atoms with Crippen molar-refractivity contribution in [2.24, 2.45) is 0 Å². The highest BCUT2D eigenvalue weighted by Crippen LogP contribution is 2.33. The molecule has 19 heavy (non-hydrogen) atoms. The molecule has 2 aliphatic rings. The largest absolute Gasteiger partial charge is 0.381 e. The summed E-state index contributed by atoms with van der Waals surface area (Å²) in [5.41, 5.74) is 0.978. The minimum atomic E-state index is -0.403. The van der Waals surface area contributed by atoms with E-state index in [1.807, 2.05) is 6.07 Å². The lowest BCUT2D eigenvalue weighted by molar-refractivity contribution is -0.209. The second-order valence-corrected chi connectivity index (χ2v) is 5.76. The Hall–Kier alpha value is -0.690. The normalized spacial score (nSPS) is 25.6. The average molecular weight is 329 g/mol. The number of hydrogen-bond acceptors (Lipinski definition) is 5. The Kier molecular flexibility index (Phi) is 4.02. The first-order valence-corrected chi connectivity index (χ1v) is 7.29. The molecule has 2 saturated heterocycles. The van der Waals surface area contributed by atoms with Gasteiger partial charge in [0.2, 0.25) is 0 Å². The molecule has 0 radical (unpaired) electrons. The number of halogens is 1. The van der Waals surface area contributed by atoms with Gasteiger partial charge in [-0.1, -0.05) is 0 Å². The van der Waals surface area contributed by atoms with Gasteiger partial charge in [0.05, 0.1) is 31.7 Å². The molecule has 0 unspecified atom stereocenters. The summed E-state index contributed by atoms with van der Waals surface area (Å²) in [4.78, 5) is 4.11. The zero-order chi connectivity index (χ0) is 13.1. The summed E-state index contributed by atoms with van der Waals surface area (Å²) in [5, 5.41) is 3.32. The number of pyridine rings is 1. The summed E-state index contributed by atoms with van der Waals surface area (Å²) < 4.78 is 18.2. The minimum Gasteiger partial charge on any atom is -0.381 e. The molecule has 1 aromatic heterocycles. The van der Waals surface area contributed by atoms with Gasteiger partial charge in [-0.05, 0) is 22.0 Å². The molecule has 2 fully saturated rings. The molecule has 1 aromatic rings. The predicted octanol–water partition coefficient (Wildman–Crippen LogP) is 2.18. The van der Waals surface area contributed by atoms with E-state index in [0.29, 0.717) is 6.61 Å². The topological polar surface area (TPSA) is 52.6 Å². The molecule has 1 spiro atoms. The van der Waals surface area contributed by atoms with E-state index in [1.165, 1.54) is 0 Å². The quantitative estimate of drug-likeness (QED) is 0.921. The van der Waals surface area contributed by atoms with Crippen molar-refractivity contribution >= 4 is 21.6 Å². The third-order valence-electron chi connectivity index (χ3n) is 3.41. The molecule has 6 heteroatoms. The Morgan fingerprint density at radius 3 is 3.00 bits per heavy atom. The fraction of sp³-hybridized carbons (Fsp3) is 0.615. The maximum atomic E-state index is 6.04. The second kappa shape index (κ2) is 5.75. The van der Waals surface area contributed by atoms with Gasteiger partial charge in [-0.15, -0.1) is 0 Å². The fourth-order valence-electron chi connectivity index (χ4n) is 2.40. The van der Waals surface area contributed by atoms with Gasteiger partial charge in [0, 0.05) is 30.1 Å². The Labute approximate surface area is 120 Å². The Bertz CT molecular complexity index is 438. The molecule has 2 aliphatic heterocycles. The van der Waals surface area contributed by atoms with Crippen LogP contribution in [0.5, 0.6) is 0 Å².